The van der Waals surface area contributed by atoms with Crippen LogP contribution in [0.25, 0.3) is 44.5 Å². The summed E-state index contributed by atoms with van der Waals surface area (Å²) in [5.74, 6) is -79.1. The van der Waals surface area contributed by atoms with Gasteiger partial charge in [-0.3, -0.25) is 0 Å². The first-order valence-electron chi connectivity index (χ1n) is 37.1. The van der Waals surface area contributed by atoms with Gasteiger partial charge in [-0.25, -0.2) is 47.9 Å². The van der Waals surface area contributed by atoms with Crippen LogP contribution in [0.15, 0.2) is 54.6 Å². The molecule has 0 spiro atoms. The summed E-state index contributed by atoms with van der Waals surface area (Å²) in [6.45, 7) is -4.21. The van der Waals surface area contributed by atoms with E-state index in [0.717, 1.165) is 0 Å². The summed E-state index contributed by atoms with van der Waals surface area (Å²) in [5, 5.41) is 358. The van der Waals surface area contributed by atoms with Gasteiger partial charge in [0.05, 0.1) is 61.6 Å². The lowest BCUT2D eigenvalue weighted by Gasteiger charge is -2.43. The van der Waals surface area contributed by atoms with Crippen molar-refractivity contribution in [1.29, 1.82) is 0 Å². The average molecular weight is 1860 g/mol. The van der Waals surface area contributed by atoms with Crippen LogP contribution in [-0.2, 0) is 47.4 Å². The summed E-state index contributed by atoms with van der Waals surface area (Å²) in [6.07, 6.45) is -30.0. The van der Waals surface area contributed by atoms with Crippen LogP contribution in [-0.4, -0.2) is 280 Å². The highest BCUT2D eigenvalue weighted by molar-refractivity contribution is 6.15. The number of phenols is 30. The van der Waals surface area contributed by atoms with Gasteiger partial charge < -0.3 is 206 Å². The molecule has 31 N–H and O–H groups in total. The van der Waals surface area contributed by atoms with Crippen molar-refractivity contribution in [2.45, 2.75) is 60.9 Å². The van der Waals surface area contributed by atoms with Crippen LogP contribution in [0.3, 0.4) is 0 Å². The van der Waals surface area contributed by atoms with Gasteiger partial charge in [-0.1, -0.05) is 0 Å². The SMILES string of the molecule is O=C(OC1COC(=O)c2c(c(O)c(O)c(O)c2C2c3c(O)c(O)c(O)c4c3C(=O)OC2C(C2OC(=O)c3cc(O)c(O)c(O)c3-c3c(cc(O)c(O)c3O)C(=O)OCC2OC(=O)c2cc(O)c(O)c(O)c2)OC(=O)c2cc(O)c(O)c(O)c2-4)-c2c(cc(O)c(O)c2O)C(=O)OC1C1OC(=O)c2cc(O)c(O)c(O)c2-c2c(O)c(O)c(O)c3c2C(=O)OC1C3O)c1cc(O)c(O)c(O)c1. The maximum Gasteiger partial charge on any atom is 0.339 e. The second kappa shape index (κ2) is 30.6. The van der Waals surface area contributed by atoms with Gasteiger partial charge in [-0.05, 0) is 54.6 Å². The van der Waals surface area contributed by atoms with Crippen molar-refractivity contribution >= 4 is 59.7 Å². The number of rotatable bonds is 7. The number of aromatic hydroxyl groups is 30. The highest BCUT2D eigenvalue weighted by Gasteiger charge is 2.60. The number of esters is 10. The number of ether oxygens (including phenoxy) is 10. The monoisotopic (exact) mass is 1850 g/mol. The number of aliphatic hydroxyl groups excluding tert-OH is 1. The molecule has 133 heavy (non-hydrogen) atoms. The molecule has 10 aromatic rings. The van der Waals surface area contributed by atoms with Crippen LogP contribution in [0.2, 0.25) is 0 Å². The number of carbonyl (C=O) groups excluding carboxylic acids is 10. The topological polar surface area (TPSA) is 890 Å². The molecular formula is C82H54O51. The van der Waals surface area contributed by atoms with Crippen LogP contribution < -0.4 is 0 Å². The lowest BCUT2D eigenvalue weighted by Crippen LogP contribution is -2.56. The molecule has 0 aliphatic carbocycles. The van der Waals surface area contributed by atoms with Crippen molar-refractivity contribution in [3.05, 3.63) is 127 Å². The zero-order valence-corrected chi connectivity index (χ0v) is 64.9. The predicted octanol–water partition coefficient (Wildman–Crippen LogP) is 3.09. The fraction of sp³-hybridized carbons (Fsp3) is 0.146. The number of aliphatic hydroxyl groups is 1. The lowest BCUT2D eigenvalue weighted by atomic mass is 9.72. The van der Waals surface area contributed by atoms with Crippen LogP contribution in [0.5, 0.6) is 172 Å². The van der Waals surface area contributed by atoms with E-state index in [2.05, 4.69) is 0 Å². The maximum atomic E-state index is 16.8. The van der Waals surface area contributed by atoms with Gasteiger partial charge in [0.1, 0.15) is 19.3 Å². The molecule has 51 heteroatoms. The third-order valence-corrected chi connectivity index (χ3v) is 22.3. The summed E-state index contributed by atoms with van der Waals surface area (Å²) in [4.78, 5) is 156. The van der Waals surface area contributed by atoms with Gasteiger partial charge in [-0.2, -0.15) is 0 Å². The quantitative estimate of drug-likeness (QED) is 0.0619. The number of cyclic esters (lactones) is 5. The fourth-order valence-electron chi connectivity index (χ4n) is 16.2. The molecule has 10 aromatic carbocycles. The number of benzene rings is 10. The minimum atomic E-state index is -3.65. The van der Waals surface area contributed by atoms with Gasteiger partial charge in [0.2, 0.25) is 46.0 Å². The molecule has 7 aliphatic heterocycles. The first kappa shape index (κ1) is 87.3. The molecule has 7 heterocycles. The predicted molar refractivity (Wildman–Crippen MR) is 411 cm³/mol. The molecule has 7 aliphatic rings. The molecule has 51 nitrogen and oxygen atoms in total. The molecule has 0 fully saturated rings. The van der Waals surface area contributed by atoms with Crippen molar-refractivity contribution < 1.29 is 254 Å². The number of hydrogen-bond acceptors (Lipinski definition) is 51. The Morgan fingerprint density at radius 3 is 0.782 bits per heavy atom. The zero-order chi connectivity index (χ0) is 96.8. The fourth-order valence-corrected chi connectivity index (χ4v) is 16.2. The average Bonchev–Trinajstić information content (AvgIpc) is 1.12. The Hall–Kier alpha value is -19.1. The standard InChI is InChI=1S/C82H54O51/c83-19-1-12(2-20(84)45(19)92)73(114)126-28-10-124-75(116)14-5-23(87)47(94)52(99)30(14)31-15(6-24(88)48(95)53(31)100)76(117)128-67(28)71-69-40(39-42(81(122)130-69)36(58(105)65(112)61(39)108)33-17(78(119)132-71)8-26(90)50(97)55(33)102)38-41-35(57(104)64(111)60(38)107)32-16(7-25(89)49(96)54(32)101)77(118)129-68(29(11-125-80(41)121)127-74(115)13-3-21(85)46(93)22(86)4-13)72-70-63(110)44-43(82(123)131-70)37(59(106)66(113)62(44)109)34-18(79(120)133-72)9-27(91)51(98)56(34)103/h1-9,28-29,40,63,67-72,83-113H,10-11H2. The Bertz CT molecular complexity index is 6990. The van der Waals surface area contributed by atoms with Crippen molar-refractivity contribution in [2.75, 3.05) is 13.2 Å². The highest BCUT2D eigenvalue weighted by Crippen LogP contribution is 2.66. The highest BCUT2D eigenvalue weighted by atomic mass is 16.7. The van der Waals surface area contributed by atoms with E-state index in [1.807, 2.05) is 0 Å². The van der Waals surface area contributed by atoms with Gasteiger partial charge >= 0.3 is 59.7 Å². The van der Waals surface area contributed by atoms with E-state index in [9.17, 15) is 177 Å². The van der Waals surface area contributed by atoms with E-state index in [1.54, 1.807) is 0 Å². The van der Waals surface area contributed by atoms with Crippen molar-refractivity contribution in [3.8, 4) is 217 Å². The number of carbonyl (C=O) groups is 10. The molecule has 0 saturated carbocycles. The van der Waals surface area contributed by atoms with E-state index in [1.165, 1.54) is 0 Å². The first-order valence-corrected chi connectivity index (χ1v) is 37.1. The Morgan fingerprint density at radius 1 is 0.226 bits per heavy atom. The van der Waals surface area contributed by atoms with Gasteiger partial charge in [0, 0.05) is 61.2 Å². The molecule has 6 bridgehead atoms. The van der Waals surface area contributed by atoms with Crippen LogP contribution in [0.1, 0.15) is 132 Å². The smallest absolute Gasteiger partial charge is 0.339 e. The molecule has 0 radical (unpaired) electrons. The summed E-state index contributed by atoms with van der Waals surface area (Å²) < 4.78 is 58.1. The van der Waals surface area contributed by atoms with Crippen molar-refractivity contribution in [1.82, 2.24) is 0 Å². The molecule has 10 unspecified atom stereocenters. The molecule has 0 aromatic heterocycles. The molecular weight excluding hydrogens is 1800 g/mol. The minimum Gasteiger partial charge on any atom is -0.504 e. The number of hydrogen-bond donors (Lipinski definition) is 31. The summed E-state index contributed by atoms with van der Waals surface area (Å²) in [7, 11) is 0. The minimum absolute atomic E-state index is 0.0511. The number of phenolic OH excluding ortho intramolecular Hbond substituents is 30. The number of fused-ring (bicyclic) bond motifs is 13. The Labute approximate surface area is 728 Å². The molecule has 10 atom stereocenters. The largest absolute Gasteiger partial charge is 0.504 e. The Kier molecular flexibility index (Phi) is 20.1. The lowest BCUT2D eigenvalue weighted by molar-refractivity contribution is -0.154. The molecule has 17 rings (SSSR count). The molecule has 0 saturated heterocycles. The second-order valence-electron chi connectivity index (χ2n) is 29.7. The van der Waals surface area contributed by atoms with Crippen molar-refractivity contribution in [3.63, 3.8) is 0 Å². The summed E-state index contributed by atoms with van der Waals surface area (Å²) in [6, 6.07) is 1.68. The molecule has 688 valence electrons. The Balaban J connectivity index is 1.00. The third-order valence-electron chi connectivity index (χ3n) is 22.3. The second-order valence-corrected chi connectivity index (χ2v) is 29.7. The summed E-state index contributed by atoms with van der Waals surface area (Å²) in [5.41, 5.74) is -33.5. The van der Waals surface area contributed by atoms with Gasteiger partial charge in [0.25, 0.3) is 0 Å². The van der Waals surface area contributed by atoms with Crippen LogP contribution >= 0.6 is 0 Å². The van der Waals surface area contributed by atoms with Crippen molar-refractivity contribution in [2.24, 2.45) is 0 Å². The van der Waals surface area contributed by atoms with Gasteiger partial charge in [0.15, 0.2) is 175 Å². The van der Waals surface area contributed by atoms with Crippen LogP contribution in [0, 0.1) is 0 Å². The molecule has 0 amide bonds. The third kappa shape index (κ3) is 13.0. The first-order chi connectivity index (χ1) is 62.5. The van der Waals surface area contributed by atoms with E-state index in [0.29, 0.717) is 12.1 Å². The van der Waals surface area contributed by atoms with E-state index in [-0.39, 0.29) is 42.5 Å². The normalized spacial score (nSPS) is 20.1. The van der Waals surface area contributed by atoms with E-state index in [4.69, 9.17) is 47.4 Å². The zero-order valence-electron chi connectivity index (χ0n) is 64.9. The van der Waals surface area contributed by atoms with E-state index >= 15 is 28.8 Å². The van der Waals surface area contributed by atoms with Crippen LogP contribution in [0.4, 0.5) is 0 Å². The van der Waals surface area contributed by atoms with E-state index < -0.39 is 423 Å². The summed E-state index contributed by atoms with van der Waals surface area (Å²) >= 11 is 0. The Morgan fingerprint density at radius 2 is 0.459 bits per heavy atom. The van der Waals surface area contributed by atoms with Gasteiger partial charge in [-0.15, -0.1) is 0 Å². The maximum absolute atomic E-state index is 16.8.